The molecule has 4 atom stereocenters. The van der Waals surface area contributed by atoms with Gasteiger partial charge < -0.3 is 19.7 Å². The Kier molecular flexibility index (Phi) is 6.30. The van der Waals surface area contributed by atoms with Crippen molar-refractivity contribution >= 4 is 6.03 Å². The summed E-state index contributed by atoms with van der Waals surface area (Å²) in [6, 6.07) is 0.239. The average Bonchev–Trinajstić information content (AvgIpc) is 2.97. The van der Waals surface area contributed by atoms with Gasteiger partial charge in [-0.25, -0.2) is 4.79 Å². The Morgan fingerprint density at radius 2 is 2.19 bits per heavy atom. The van der Waals surface area contributed by atoms with Gasteiger partial charge in [0.05, 0.1) is 18.3 Å². The van der Waals surface area contributed by atoms with Crippen LogP contribution in [-0.4, -0.2) is 55.0 Å². The number of nitrogens with zero attached hydrogens (tertiary/aromatic N) is 1. The van der Waals surface area contributed by atoms with E-state index in [1.165, 1.54) is 12.8 Å². The zero-order valence-corrected chi connectivity index (χ0v) is 13.6. The Bertz CT molecular complexity index is 331. The van der Waals surface area contributed by atoms with Crippen molar-refractivity contribution in [1.82, 2.24) is 10.2 Å². The van der Waals surface area contributed by atoms with Gasteiger partial charge in [-0.3, -0.25) is 0 Å². The van der Waals surface area contributed by atoms with Crippen LogP contribution in [-0.2, 0) is 9.47 Å². The fourth-order valence-electron chi connectivity index (χ4n) is 3.12. The Morgan fingerprint density at radius 3 is 2.86 bits per heavy atom. The molecule has 0 aromatic carbocycles. The van der Waals surface area contributed by atoms with E-state index in [-0.39, 0.29) is 24.3 Å². The number of carbonyl (C=O) groups excluding carboxylic acids is 1. The van der Waals surface area contributed by atoms with Crippen molar-refractivity contribution in [3.63, 3.8) is 0 Å². The van der Waals surface area contributed by atoms with Crippen molar-refractivity contribution in [2.24, 2.45) is 0 Å². The molecule has 0 bridgehead atoms. The lowest BCUT2D eigenvalue weighted by molar-refractivity contribution is -0.0648. The summed E-state index contributed by atoms with van der Waals surface area (Å²) in [7, 11) is 0. The highest BCUT2D eigenvalue weighted by atomic mass is 16.5. The summed E-state index contributed by atoms with van der Waals surface area (Å²) in [5, 5.41) is 3.11. The van der Waals surface area contributed by atoms with Gasteiger partial charge in [-0.15, -0.1) is 0 Å². The molecule has 2 aliphatic heterocycles. The molecular weight excluding hydrogens is 268 g/mol. The highest BCUT2D eigenvalue weighted by molar-refractivity contribution is 5.74. The zero-order valence-electron chi connectivity index (χ0n) is 13.6. The maximum atomic E-state index is 12.3. The Labute approximate surface area is 128 Å². The van der Waals surface area contributed by atoms with E-state index in [1.807, 2.05) is 11.8 Å². The number of hydrogen-bond acceptors (Lipinski definition) is 3. The van der Waals surface area contributed by atoms with Gasteiger partial charge in [-0.05, 0) is 46.0 Å². The van der Waals surface area contributed by atoms with E-state index < -0.39 is 0 Å². The molecule has 0 spiro atoms. The Morgan fingerprint density at radius 1 is 1.38 bits per heavy atom. The predicted octanol–water partition coefficient (Wildman–Crippen LogP) is 2.54. The van der Waals surface area contributed by atoms with Crippen molar-refractivity contribution < 1.29 is 14.3 Å². The molecule has 122 valence electrons. The van der Waals surface area contributed by atoms with Gasteiger partial charge in [-0.1, -0.05) is 6.92 Å². The topological polar surface area (TPSA) is 50.8 Å². The van der Waals surface area contributed by atoms with Crippen LogP contribution in [0.2, 0.25) is 0 Å². The minimum absolute atomic E-state index is 0.0449. The standard InChI is InChI=1S/C16H30N2O3/c1-4-14-11-18(10-13(3)21-14)16(19)17-12(2)7-8-15-6-5-9-20-15/h12-15H,4-11H2,1-3H3,(H,17,19)/t12-,13-,14-,15+/m1/s1. The van der Waals surface area contributed by atoms with Crippen molar-refractivity contribution in [2.75, 3.05) is 19.7 Å². The lowest BCUT2D eigenvalue weighted by atomic mass is 10.1. The summed E-state index contributed by atoms with van der Waals surface area (Å²) in [5.41, 5.74) is 0. The predicted molar refractivity (Wildman–Crippen MR) is 82.4 cm³/mol. The molecule has 2 fully saturated rings. The molecule has 5 nitrogen and oxygen atoms in total. The van der Waals surface area contributed by atoms with E-state index in [0.717, 1.165) is 25.9 Å². The Balaban J connectivity index is 1.71. The molecule has 2 saturated heterocycles. The summed E-state index contributed by atoms with van der Waals surface area (Å²) < 4.78 is 11.4. The summed E-state index contributed by atoms with van der Waals surface area (Å²) in [6.45, 7) is 8.49. The highest BCUT2D eigenvalue weighted by Crippen LogP contribution is 2.18. The number of rotatable bonds is 5. The van der Waals surface area contributed by atoms with Gasteiger partial charge in [0.25, 0.3) is 0 Å². The lowest BCUT2D eigenvalue weighted by Gasteiger charge is -2.37. The molecule has 2 rings (SSSR count). The number of nitrogens with one attached hydrogen (secondary N) is 1. The largest absolute Gasteiger partial charge is 0.378 e. The zero-order chi connectivity index (χ0) is 15.2. The maximum Gasteiger partial charge on any atom is 0.317 e. The fourth-order valence-corrected chi connectivity index (χ4v) is 3.12. The van der Waals surface area contributed by atoms with Gasteiger partial charge >= 0.3 is 6.03 Å². The van der Waals surface area contributed by atoms with Gasteiger partial charge in [0, 0.05) is 25.7 Å². The van der Waals surface area contributed by atoms with Crippen molar-refractivity contribution in [3.05, 3.63) is 0 Å². The summed E-state index contributed by atoms with van der Waals surface area (Å²) in [5.74, 6) is 0. The quantitative estimate of drug-likeness (QED) is 0.848. The normalized spacial score (nSPS) is 31.2. The van der Waals surface area contributed by atoms with Crippen LogP contribution in [0.15, 0.2) is 0 Å². The molecule has 21 heavy (non-hydrogen) atoms. The third-order valence-corrected chi connectivity index (χ3v) is 4.38. The van der Waals surface area contributed by atoms with Gasteiger partial charge in [-0.2, -0.15) is 0 Å². The molecule has 0 aromatic rings. The SMILES string of the molecule is CC[C@@H]1CN(C(=O)N[C@H](C)CC[C@@H]2CCCO2)C[C@@H](C)O1. The number of urea groups is 1. The molecule has 2 aliphatic rings. The molecule has 0 radical (unpaired) electrons. The smallest absolute Gasteiger partial charge is 0.317 e. The van der Waals surface area contributed by atoms with E-state index >= 15 is 0 Å². The van der Waals surface area contributed by atoms with Crippen LogP contribution in [0.3, 0.4) is 0 Å². The molecule has 1 N–H and O–H groups in total. The third kappa shape index (κ3) is 5.15. The van der Waals surface area contributed by atoms with E-state index in [2.05, 4.69) is 19.2 Å². The summed E-state index contributed by atoms with van der Waals surface area (Å²) >= 11 is 0. The van der Waals surface area contributed by atoms with E-state index in [1.54, 1.807) is 0 Å². The number of ether oxygens (including phenoxy) is 2. The number of amides is 2. The van der Waals surface area contributed by atoms with E-state index in [0.29, 0.717) is 19.2 Å². The van der Waals surface area contributed by atoms with Crippen LogP contribution in [0.4, 0.5) is 4.79 Å². The molecule has 5 heteroatoms. The monoisotopic (exact) mass is 298 g/mol. The molecule has 2 amide bonds. The molecule has 0 aromatic heterocycles. The first-order valence-corrected chi connectivity index (χ1v) is 8.41. The second kappa shape index (κ2) is 7.99. The first kappa shape index (κ1) is 16.6. The van der Waals surface area contributed by atoms with Crippen LogP contribution < -0.4 is 5.32 Å². The summed E-state index contributed by atoms with van der Waals surface area (Å²) in [4.78, 5) is 14.2. The van der Waals surface area contributed by atoms with Crippen LogP contribution in [0.5, 0.6) is 0 Å². The van der Waals surface area contributed by atoms with Crippen LogP contribution >= 0.6 is 0 Å². The third-order valence-electron chi connectivity index (χ3n) is 4.38. The Hall–Kier alpha value is -0.810. The minimum Gasteiger partial charge on any atom is -0.378 e. The first-order valence-electron chi connectivity index (χ1n) is 8.41. The van der Waals surface area contributed by atoms with Crippen LogP contribution in [0, 0.1) is 0 Å². The second-order valence-corrected chi connectivity index (χ2v) is 6.44. The van der Waals surface area contributed by atoms with Crippen LogP contribution in [0.25, 0.3) is 0 Å². The van der Waals surface area contributed by atoms with Crippen molar-refractivity contribution in [2.45, 2.75) is 77.2 Å². The molecular formula is C16H30N2O3. The number of hydrogen-bond donors (Lipinski definition) is 1. The first-order chi connectivity index (χ1) is 10.1. The van der Waals surface area contributed by atoms with Crippen molar-refractivity contribution in [1.29, 1.82) is 0 Å². The average molecular weight is 298 g/mol. The molecule has 0 aliphatic carbocycles. The van der Waals surface area contributed by atoms with Gasteiger partial charge in [0.2, 0.25) is 0 Å². The number of carbonyl (C=O) groups is 1. The highest BCUT2D eigenvalue weighted by Gasteiger charge is 2.28. The fraction of sp³-hybridized carbons (Fsp3) is 0.938. The van der Waals surface area contributed by atoms with Crippen LogP contribution in [0.1, 0.15) is 52.9 Å². The van der Waals surface area contributed by atoms with E-state index in [9.17, 15) is 4.79 Å². The maximum absolute atomic E-state index is 12.3. The second-order valence-electron chi connectivity index (χ2n) is 6.44. The molecule has 0 saturated carbocycles. The molecule has 2 heterocycles. The van der Waals surface area contributed by atoms with Crippen molar-refractivity contribution in [3.8, 4) is 0 Å². The minimum atomic E-state index is 0.0449. The summed E-state index contributed by atoms with van der Waals surface area (Å²) in [6.07, 6.45) is 6.00. The molecule has 0 unspecified atom stereocenters. The number of morpholine rings is 1. The van der Waals surface area contributed by atoms with Gasteiger partial charge in [0.1, 0.15) is 0 Å². The lowest BCUT2D eigenvalue weighted by Crippen LogP contribution is -2.53. The van der Waals surface area contributed by atoms with E-state index in [4.69, 9.17) is 9.47 Å². The van der Waals surface area contributed by atoms with Gasteiger partial charge in [0.15, 0.2) is 0 Å².